The van der Waals surface area contributed by atoms with Crippen LogP contribution in [-0.2, 0) is 9.59 Å². The molecule has 1 rings (SSSR count). The van der Waals surface area contributed by atoms with Crippen molar-refractivity contribution in [1.29, 1.82) is 0 Å². The van der Waals surface area contributed by atoms with Crippen LogP contribution in [0.15, 0.2) is 0 Å². The molecule has 0 aromatic carbocycles. The average molecular weight is 209 g/mol. The first-order valence-electron chi connectivity index (χ1n) is 4.25. The fourth-order valence-corrected chi connectivity index (χ4v) is 1.25. The minimum atomic E-state index is -4.25. The molecule has 1 heterocycles. The van der Waals surface area contributed by atoms with Gasteiger partial charge < -0.3 is 4.90 Å². The number of carbonyl (C=O) groups excluding carboxylic acids is 2. The lowest BCUT2D eigenvalue weighted by molar-refractivity contribution is -0.148. The van der Waals surface area contributed by atoms with Crippen molar-refractivity contribution in [3.8, 4) is 0 Å². The van der Waals surface area contributed by atoms with Gasteiger partial charge in [-0.15, -0.1) is 0 Å². The lowest BCUT2D eigenvalue weighted by Gasteiger charge is -2.26. The first-order valence-corrected chi connectivity index (χ1v) is 4.25. The number of amides is 1. The van der Waals surface area contributed by atoms with Crippen molar-refractivity contribution >= 4 is 11.7 Å². The zero-order chi connectivity index (χ0) is 10.8. The van der Waals surface area contributed by atoms with Crippen LogP contribution in [0.4, 0.5) is 13.2 Å². The van der Waals surface area contributed by atoms with E-state index in [1.54, 1.807) is 0 Å². The van der Waals surface area contributed by atoms with Crippen LogP contribution in [0.1, 0.15) is 19.3 Å². The van der Waals surface area contributed by atoms with Crippen molar-refractivity contribution in [2.45, 2.75) is 25.4 Å². The van der Waals surface area contributed by atoms with Gasteiger partial charge >= 0.3 is 6.18 Å². The van der Waals surface area contributed by atoms with Gasteiger partial charge in [-0.1, -0.05) is 0 Å². The van der Waals surface area contributed by atoms with Crippen molar-refractivity contribution in [2.75, 3.05) is 13.1 Å². The highest BCUT2D eigenvalue weighted by Gasteiger charge is 2.30. The monoisotopic (exact) mass is 209 g/mol. The van der Waals surface area contributed by atoms with E-state index < -0.39 is 18.5 Å². The van der Waals surface area contributed by atoms with Crippen molar-refractivity contribution in [3.63, 3.8) is 0 Å². The van der Waals surface area contributed by atoms with Gasteiger partial charge in [-0.05, 0) is 0 Å². The fraction of sp³-hybridized carbons (Fsp3) is 0.750. The summed E-state index contributed by atoms with van der Waals surface area (Å²) in [4.78, 5) is 22.9. The largest absolute Gasteiger partial charge is 0.390 e. The third-order valence-corrected chi connectivity index (χ3v) is 2.03. The standard InChI is InChI=1S/C8H10F3NO2/c9-8(10,11)2-4-12-3-1-6(13)5-7(12)14/h1-5H2. The molecule has 0 radical (unpaired) electrons. The molecule has 1 aliphatic heterocycles. The summed E-state index contributed by atoms with van der Waals surface area (Å²) in [6, 6.07) is 0. The van der Waals surface area contributed by atoms with Crippen LogP contribution >= 0.6 is 0 Å². The highest BCUT2D eigenvalue weighted by atomic mass is 19.4. The molecular formula is C8H10F3NO2. The zero-order valence-electron chi connectivity index (χ0n) is 7.43. The Bertz CT molecular complexity index is 249. The minimum absolute atomic E-state index is 0.119. The Labute approximate surface area is 78.9 Å². The number of halogens is 3. The van der Waals surface area contributed by atoms with Crippen LogP contribution in [0.25, 0.3) is 0 Å². The maximum Gasteiger partial charge on any atom is 0.390 e. The zero-order valence-corrected chi connectivity index (χ0v) is 7.43. The number of ketones is 1. The molecule has 0 aromatic heterocycles. The molecule has 0 N–H and O–H groups in total. The van der Waals surface area contributed by atoms with Crippen LogP contribution in [-0.4, -0.2) is 35.9 Å². The predicted octanol–water partition coefficient (Wildman–Crippen LogP) is 1.13. The van der Waals surface area contributed by atoms with E-state index in [-0.39, 0.29) is 31.7 Å². The second-order valence-corrected chi connectivity index (χ2v) is 3.21. The van der Waals surface area contributed by atoms with Gasteiger partial charge in [0.05, 0.1) is 12.8 Å². The van der Waals surface area contributed by atoms with Gasteiger partial charge in [-0.25, -0.2) is 0 Å². The quantitative estimate of drug-likeness (QED) is 0.639. The van der Waals surface area contributed by atoms with Crippen LogP contribution in [0.2, 0.25) is 0 Å². The van der Waals surface area contributed by atoms with Gasteiger partial charge in [0, 0.05) is 19.5 Å². The Balaban J connectivity index is 2.39. The number of hydrogen-bond donors (Lipinski definition) is 0. The average Bonchev–Trinajstić information content (AvgIpc) is 2.00. The summed E-state index contributed by atoms with van der Waals surface area (Å²) in [5, 5.41) is 0. The Kier molecular flexibility index (Phi) is 3.13. The number of alkyl halides is 3. The third kappa shape index (κ3) is 3.35. The van der Waals surface area contributed by atoms with E-state index in [0.29, 0.717) is 0 Å². The number of rotatable bonds is 2. The predicted molar refractivity (Wildman–Crippen MR) is 41.5 cm³/mol. The van der Waals surface area contributed by atoms with Crippen molar-refractivity contribution in [1.82, 2.24) is 4.90 Å². The number of likely N-dealkylation sites (tertiary alicyclic amines) is 1. The summed E-state index contributed by atoms with van der Waals surface area (Å²) < 4.78 is 35.4. The maximum absolute atomic E-state index is 11.8. The van der Waals surface area contributed by atoms with E-state index in [1.165, 1.54) is 0 Å². The number of carbonyl (C=O) groups is 2. The fourth-order valence-electron chi connectivity index (χ4n) is 1.25. The van der Waals surface area contributed by atoms with E-state index >= 15 is 0 Å². The van der Waals surface area contributed by atoms with E-state index in [9.17, 15) is 22.8 Å². The van der Waals surface area contributed by atoms with Gasteiger partial charge in [-0.3, -0.25) is 9.59 Å². The Morgan fingerprint density at radius 3 is 2.43 bits per heavy atom. The van der Waals surface area contributed by atoms with Gasteiger partial charge in [0.15, 0.2) is 0 Å². The summed E-state index contributed by atoms with van der Waals surface area (Å²) in [6.45, 7) is -0.219. The molecule has 80 valence electrons. The van der Waals surface area contributed by atoms with Crippen LogP contribution < -0.4 is 0 Å². The summed E-state index contributed by atoms with van der Waals surface area (Å²) in [7, 11) is 0. The summed E-state index contributed by atoms with van der Waals surface area (Å²) in [6.07, 6.45) is -5.34. The van der Waals surface area contributed by atoms with Crippen molar-refractivity contribution in [3.05, 3.63) is 0 Å². The SMILES string of the molecule is O=C1CCN(CCC(F)(F)F)C(=O)C1. The first kappa shape index (κ1) is 11.0. The van der Waals surface area contributed by atoms with E-state index in [4.69, 9.17) is 0 Å². The molecule has 1 aliphatic rings. The molecule has 0 saturated carbocycles. The van der Waals surface area contributed by atoms with Crippen molar-refractivity contribution < 1.29 is 22.8 Å². The molecule has 0 aliphatic carbocycles. The summed E-state index contributed by atoms with van der Waals surface area (Å²) >= 11 is 0. The topological polar surface area (TPSA) is 37.4 Å². The molecule has 6 heteroatoms. The number of Topliss-reactive ketones (excluding diaryl/α,β-unsaturated/α-hetero) is 1. The molecule has 0 unspecified atom stereocenters. The molecule has 0 atom stereocenters. The molecule has 1 saturated heterocycles. The van der Waals surface area contributed by atoms with Crippen LogP contribution in [0.3, 0.4) is 0 Å². The molecule has 3 nitrogen and oxygen atoms in total. The van der Waals surface area contributed by atoms with Crippen LogP contribution in [0.5, 0.6) is 0 Å². The normalized spacial score (nSPS) is 18.9. The third-order valence-electron chi connectivity index (χ3n) is 2.03. The van der Waals surface area contributed by atoms with E-state index in [0.717, 1.165) is 4.90 Å². The Morgan fingerprint density at radius 1 is 1.29 bits per heavy atom. The number of hydrogen-bond acceptors (Lipinski definition) is 2. The second-order valence-electron chi connectivity index (χ2n) is 3.21. The van der Waals surface area contributed by atoms with Gasteiger partial charge in [0.2, 0.25) is 5.91 Å². The smallest absolute Gasteiger partial charge is 0.342 e. The first-order chi connectivity index (χ1) is 6.38. The molecule has 1 amide bonds. The second kappa shape index (κ2) is 3.98. The number of piperidine rings is 1. The highest BCUT2D eigenvalue weighted by molar-refractivity contribution is 6.00. The van der Waals surface area contributed by atoms with E-state index in [2.05, 4.69) is 0 Å². The lowest BCUT2D eigenvalue weighted by atomic mass is 10.1. The van der Waals surface area contributed by atoms with Gasteiger partial charge in [-0.2, -0.15) is 13.2 Å². The molecule has 0 aromatic rings. The number of nitrogens with zero attached hydrogens (tertiary/aromatic N) is 1. The molecule has 0 bridgehead atoms. The summed E-state index contributed by atoms with van der Waals surface area (Å²) in [5.74, 6) is -0.691. The molecule has 0 spiro atoms. The van der Waals surface area contributed by atoms with Gasteiger partial charge in [0.1, 0.15) is 5.78 Å². The molecule has 14 heavy (non-hydrogen) atoms. The Morgan fingerprint density at radius 2 is 1.93 bits per heavy atom. The van der Waals surface area contributed by atoms with Crippen molar-refractivity contribution in [2.24, 2.45) is 0 Å². The highest BCUT2D eigenvalue weighted by Crippen LogP contribution is 2.20. The maximum atomic E-state index is 11.8. The van der Waals surface area contributed by atoms with Crippen LogP contribution in [0, 0.1) is 0 Å². The Hall–Kier alpha value is -1.07. The lowest BCUT2D eigenvalue weighted by Crippen LogP contribution is -2.40. The minimum Gasteiger partial charge on any atom is -0.342 e. The summed E-state index contributed by atoms with van der Waals surface area (Å²) in [5.41, 5.74) is 0. The van der Waals surface area contributed by atoms with Gasteiger partial charge in [0.25, 0.3) is 0 Å². The van der Waals surface area contributed by atoms with E-state index in [1.807, 2.05) is 0 Å². The molecular weight excluding hydrogens is 199 g/mol. The molecule has 1 fully saturated rings.